The predicted octanol–water partition coefficient (Wildman–Crippen LogP) is 2.44. The van der Waals surface area contributed by atoms with Crippen LogP contribution in [0.15, 0.2) is 24.3 Å². The third kappa shape index (κ3) is 2.01. The Balaban J connectivity index is 3.12. The van der Waals surface area contributed by atoms with Gasteiger partial charge in [-0.25, -0.2) is 0 Å². The highest BCUT2D eigenvalue weighted by molar-refractivity contribution is 5.55. The molecule has 2 heteroatoms. The number of rotatable bonds is 3. The largest absolute Gasteiger partial charge is 0.491 e. The molecule has 0 aromatic heterocycles. The Labute approximate surface area is 80.3 Å². The fourth-order valence-corrected chi connectivity index (χ4v) is 1.24. The standard InChI is InChI=1S/C11H17NO/c1-5-12(2,3)10-8-6-7-9-11(10)13-4/h5-9H,1-4H3/q+1. The molecule has 0 fully saturated rings. The van der Waals surface area contributed by atoms with Crippen LogP contribution in [0.1, 0.15) is 6.92 Å². The van der Waals surface area contributed by atoms with E-state index in [-0.39, 0.29) is 0 Å². The summed E-state index contributed by atoms with van der Waals surface area (Å²) < 4.78 is 6.02. The van der Waals surface area contributed by atoms with E-state index in [4.69, 9.17) is 4.74 Å². The number of benzene rings is 1. The molecule has 2 nitrogen and oxygen atoms in total. The van der Waals surface area contributed by atoms with Crippen molar-refractivity contribution in [1.29, 1.82) is 0 Å². The van der Waals surface area contributed by atoms with Crippen LogP contribution in [0, 0.1) is 6.54 Å². The van der Waals surface area contributed by atoms with Crippen LogP contribution in [0.25, 0.3) is 0 Å². The molecule has 13 heavy (non-hydrogen) atoms. The minimum absolute atomic E-state index is 0.726. The Morgan fingerprint density at radius 3 is 2.38 bits per heavy atom. The lowest BCUT2D eigenvalue weighted by molar-refractivity contribution is 0.391. The normalized spacial score (nSPS) is 11.4. The van der Waals surface area contributed by atoms with Crippen LogP contribution >= 0.6 is 0 Å². The first-order valence-electron chi connectivity index (χ1n) is 4.39. The monoisotopic (exact) mass is 179 g/mol. The lowest BCUT2D eigenvalue weighted by Gasteiger charge is -2.27. The minimum atomic E-state index is 0.726. The summed E-state index contributed by atoms with van der Waals surface area (Å²) in [6, 6.07) is 8.08. The molecule has 0 aliphatic carbocycles. The molecule has 71 valence electrons. The first-order chi connectivity index (χ1) is 6.11. The predicted molar refractivity (Wildman–Crippen MR) is 56.6 cm³/mol. The van der Waals surface area contributed by atoms with Crippen LogP contribution in [0.3, 0.4) is 0 Å². The molecule has 0 aliphatic heterocycles. The van der Waals surface area contributed by atoms with Crippen LogP contribution in [0.5, 0.6) is 5.75 Å². The number of nitrogens with zero attached hydrogens (tertiary/aromatic N) is 1. The lowest BCUT2D eigenvalue weighted by atomic mass is 10.2. The summed E-state index contributed by atoms with van der Waals surface area (Å²) in [5.74, 6) is 0.936. The number of hydrogen-bond donors (Lipinski definition) is 0. The number of quaternary nitrogens is 1. The van der Waals surface area contributed by atoms with Crippen molar-refractivity contribution >= 4 is 5.69 Å². The topological polar surface area (TPSA) is 9.23 Å². The van der Waals surface area contributed by atoms with Crippen molar-refractivity contribution < 1.29 is 4.74 Å². The van der Waals surface area contributed by atoms with Crippen molar-refractivity contribution in [3.8, 4) is 5.75 Å². The van der Waals surface area contributed by atoms with Gasteiger partial charge in [0.1, 0.15) is 6.54 Å². The lowest BCUT2D eigenvalue weighted by Crippen LogP contribution is -2.36. The van der Waals surface area contributed by atoms with Gasteiger partial charge < -0.3 is 4.74 Å². The van der Waals surface area contributed by atoms with Crippen molar-refractivity contribution in [2.75, 3.05) is 21.2 Å². The molecule has 1 aromatic carbocycles. The van der Waals surface area contributed by atoms with Gasteiger partial charge in [0, 0.05) is 6.07 Å². The van der Waals surface area contributed by atoms with E-state index in [1.807, 2.05) is 25.1 Å². The average molecular weight is 179 g/mol. The zero-order valence-electron chi connectivity index (χ0n) is 8.74. The van der Waals surface area contributed by atoms with Crippen molar-refractivity contribution in [3.05, 3.63) is 30.8 Å². The molecule has 0 unspecified atom stereocenters. The van der Waals surface area contributed by atoms with Crippen LogP contribution in [0.4, 0.5) is 5.69 Å². The second-order valence-electron chi connectivity index (χ2n) is 3.47. The first-order valence-corrected chi connectivity index (χ1v) is 4.39. The quantitative estimate of drug-likeness (QED) is 0.648. The van der Waals surface area contributed by atoms with Gasteiger partial charge in [-0.05, 0) is 13.0 Å². The van der Waals surface area contributed by atoms with E-state index in [0.717, 1.165) is 10.2 Å². The van der Waals surface area contributed by atoms with Crippen LogP contribution in [-0.4, -0.2) is 21.2 Å². The van der Waals surface area contributed by atoms with Crippen LogP contribution in [-0.2, 0) is 0 Å². The van der Waals surface area contributed by atoms with Gasteiger partial charge in [-0.2, -0.15) is 0 Å². The summed E-state index contributed by atoms with van der Waals surface area (Å²) in [6.45, 7) is 4.17. The SMILES string of the molecule is C[CH][N+](C)(C)c1ccccc1OC. The highest BCUT2D eigenvalue weighted by Gasteiger charge is 2.21. The van der Waals surface area contributed by atoms with Gasteiger partial charge in [0.05, 0.1) is 21.2 Å². The fraction of sp³-hybridized carbons (Fsp3) is 0.364. The van der Waals surface area contributed by atoms with Crippen LogP contribution < -0.4 is 9.22 Å². The maximum absolute atomic E-state index is 5.30. The molecule has 1 radical (unpaired) electrons. The Morgan fingerprint density at radius 2 is 1.85 bits per heavy atom. The molecule has 0 saturated heterocycles. The van der Waals surface area contributed by atoms with E-state index in [9.17, 15) is 0 Å². The second-order valence-corrected chi connectivity index (χ2v) is 3.47. The van der Waals surface area contributed by atoms with E-state index in [1.165, 1.54) is 5.69 Å². The molecule has 0 saturated carbocycles. The zero-order chi connectivity index (χ0) is 9.90. The summed E-state index contributed by atoms with van der Waals surface area (Å²) in [5.41, 5.74) is 1.17. The summed E-state index contributed by atoms with van der Waals surface area (Å²) in [7, 11) is 5.95. The molecular weight excluding hydrogens is 162 g/mol. The average Bonchev–Trinajstić information content (AvgIpc) is 2.18. The molecule has 0 aliphatic rings. The zero-order valence-corrected chi connectivity index (χ0v) is 8.74. The van der Waals surface area contributed by atoms with Crippen molar-refractivity contribution in [2.45, 2.75) is 6.92 Å². The molecular formula is C11H17NO+. The van der Waals surface area contributed by atoms with E-state index < -0.39 is 0 Å². The highest BCUT2D eigenvalue weighted by Crippen LogP contribution is 2.31. The molecule has 1 rings (SSSR count). The first kappa shape index (κ1) is 10.1. The molecule has 0 heterocycles. The summed E-state index contributed by atoms with van der Waals surface area (Å²) in [4.78, 5) is 0. The molecule has 0 N–H and O–H groups in total. The Bertz CT molecular complexity index is 281. The third-order valence-electron chi connectivity index (χ3n) is 2.35. The summed E-state index contributed by atoms with van der Waals surface area (Å²) in [6.07, 6.45) is 0. The number of para-hydroxylation sites is 2. The van der Waals surface area contributed by atoms with Gasteiger partial charge in [-0.1, -0.05) is 12.1 Å². The maximum atomic E-state index is 5.30. The highest BCUT2D eigenvalue weighted by atomic mass is 16.5. The van der Waals surface area contributed by atoms with Gasteiger partial charge in [-0.3, -0.25) is 4.48 Å². The number of hydrogen-bond acceptors (Lipinski definition) is 1. The van der Waals surface area contributed by atoms with E-state index >= 15 is 0 Å². The third-order valence-corrected chi connectivity index (χ3v) is 2.35. The van der Waals surface area contributed by atoms with Gasteiger partial charge in [-0.15, -0.1) is 0 Å². The Morgan fingerprint density at radius 1 is 1.23 bits per heavy atom. The second kappa shape index (κ2) is 3.79. The van der Waals surface area contributed by atoms with E-state index in [0.29, 0.717) is 0 Å². The molecule has 0 amide bonds. The molecule has 0 atom stereocenters. The van der Waals surface area contributed by atoms with E-state index in [1.54, 1.807) is 7.11 Å². The van der Waals surface area contributed by atoms with Crippen molar-refractivity contribution in [2.24, 2.45) is 0 Å². The smallest absolute Gasteiger partial charge is 0.179 e. The van der Waals surface area contributed by atoms with Gasteiger partial charge in [0.2, 0.25) is 0 Å². The minimum Gasteiger partial charge on any atom is -0.491 e. The van der Waals surface area contributed by atoms with Crippen molar-refractivity contribution in [3.63, 3.8) is 0 Å². The Kier molecular flexibility index (Phi) is 2.94. The van der Waals surface area contributed by atoms with Gasteiger partial charge >= 0.3 is 0 Å². The van der Waals surface area contributed by atoms with Crippen LogP contribution in [0.2, 0.25) is 0 Å². The maximum Gasteiger partial charge on any atom is 0.179 e. The fourth-order valence-electron chi connectivity index (χ4n) is 1.24. The molecule has 1 aromatic rings. The number of ether oxygens (including phenoxy) is 1. The van der Waals surface area contributed by atoms with Gasteiger partial charge in [0.15, 0.2) is 11.4 Å². The summed E-state index contributed by atoms with van der Waals surface area (Å²) >= 11 is 0. The summed E-state index contributed by atoms with van der Waals surface area (Å²) in [5, 5.41) is 0. The Hall–Kier alpha value is -1.02. The van der Waals surface area contributed by atoms with Crippen molar-refractivity contribution in [1.82, 2.24) is 4.48 Å². The number of methoxy groups -OCH3 is 1. The van der Waals surface area contributed by atoms with E-state index in [2.05, 4.69) is 26.7 Å². The van der Waals surface area contributed by atoms with Gasteiger partial charge in [0.25, 0.3) is 0 Å². The molecule has 0 spiro atoms. The molecule has 0 bridgehead atoms.